The van der Waals surface area contributed by atoms with Crippen molar-refractivity contribution >= 4 is 22.8 Å². The average Bonchev–Trinajstić information content (AvgIpc) is 3.18. The van der Waals surface area contributed by atoms with Gasteiger partial charge in [-0.3, -0.25) is 9.89 Å². The Morgan fingerprint density at radius 3 is 2.70 bits per heavy atom. The largest absolute Gasteiger partial charge is 0.469 e. The van der Waals surface area contributed by atoms with Crippen molar-refractivity contribution in [1.82, 2.24) is 25.1 Å². The van der Waals surface area contributed by atoms with Gasteiger partial charge in [0.05, 0.1) is 30.8 Å². The van der Waals surface area contributed by atoms with Gasteiger partial charge in [-0.2, -0.15) is 5.10 Å². The predicted octanol–water partition coefficient (Wildman–Crippen LogP) is 3.08. The number of hydrogen-bond donors (Lipinski definition) is 2. The maximum atomic E-state index is 14.6. The molecule has 0 saturated heterocycles. The van der Waals surface area contributed by atoms with Gasteiger partial charge in [-0.25, -0.2) is 23.7 Å². The molecule has 3 aromatic rings. The van der Waals surface area contributed by atoms with Crippen LogP contribution in [-0.2, 0) is 9.53 Å². The number of rotatable bonds is 4. The van der Waals surface area contributed by atoms with Crippen LogP contribution in [0.25, 0.3) is 22.6 Å². The molecule has 3 fully saturated rings. The number of pyridine rings is 1. The lowest BCUT2D eigenvalue weighted by molar-refractivity contribution is -0.152. The molecule has 3 aliphatic carbocycles. The molecule has 3 aliphatic rings. The summed E-state index contributed by atoms with van der Waals surface area (Å²) < 4.78 is 33.3. The number of halogens is 2. The molecule has 0 amide bonds. The Morgan fingerprint density at radius 1 is 1.17 bits per heavy atom. The second kappa shape index (κ2) is 7.26. The SMILES string of the molecule is COC(=O)[C@@H]1C2CCC(CC2)C1Nc1nc(-c2n[nH]c3ncc(F)cc23)ncc1F. The van der Waals surface area contributed by atoms with Crippen LogP contribution in [0.3, 0.4) is 0 Å². The highest BCUT2D eigenvalue weighted by Gasteiger charge is 2.48. The van der Waals surface area contributed by atoms with Crippen LogP contribution in [0.2, 0.25) is 0 Å². The quantitative estimate of drug-likeness (QED) is 0.632. The number of carbonyl (C=O) groups excluding carboxylic acids is 1. The van der Waals surface area contributed by atoms with Crippen LogP contribution >= 0.6 is 0 Å². The first kappa shape index (κ1) is 18.8. The summed E-state index contributed by atoms with van der Waals surface area (Å²) in [5.74, 6) is -1.20. The van der Waals surface area contributed by atoms with Crippen molar-refractivity contribution in [3.63, 3.8) is 0 Å². The molecular formula is C20H20F2N6O2. The van der Waals surface area contributed by atoms with Crippen molar-refractivity contribution in [2.24, 2.45) is 17.8 Å². The van der Waals surface area contributed by atoms with Crippen LogP contribution in [-0.4, -0.2) is 44.3 Å². The third kappa shape index (κ3) is 3.06. The fourth-order valence-corrected chi connectivity index (χ4v) is 4.92. The standard InChI is InChI=1S/C20H20F2N6O2/c1-30-20(29)14-9-2-4-10(5-3-9)15(14)25-18-13(22)8-24-19(26-18)16-12-6-11(21)7-23-17(12)28-27-16/h6-10,14-15H,2-5H2,1H3,(H,23,27,28)(H,24,25,26)/t9?,10?,14-,15?/m1/s1. The molecule has 3 heterocycles. The van der Waals surface area contributed by atoms with E-state index in [0.717, 1.165) is 38.1 Å². The normalized spacial score (nSPS) is 25.4. The molecule has 2 bridgehead atoms. The van der Waals surface area contributed by atoms with E-state index in [1.165, 1.54) is 13.2 Å². The van der Waals surface area contributed by atoms with E-state index in [4.69, 9.17) is 4.74 Å². The molecule has 8 nitrogen and oxygen atoms in total. The number of aromatic amines is 1. The Bertz CT molecular complexity index is 1110. The minimum Gasteiger partial charge on any atom is -0.469 e. The summed E-state index contributed by atoms with van der Waals surface area (Å²) in [6.07, 6.45) is 6.02. The van der Waals surface area contributed by atoms with Gasteiger partial charge in [-0.1, -0.05) is 0 Å². The van der Waals surface area contributed by atoms with Crippen LogP contribution < -0.4 is 5.32 Å². The zero-order valence-corrected chi connectivity index (χ0v) is 16.2. The van der Waals surface area contributed by atoms with E-state index >= 15 is 0 Å². The van der Waals surface area contributed by atoms with Gasteiger partial charge < -0.3 is 10.1 Å². The summed E-state index contributed by atoms with van der Waals surface area (Å²) in [6, 6.07) is 1.01. The first-order chi connectivity index (χ1) is 14.5. The van der Waals surface area contributed by atoms with Gasteiger partial charge in [0, 0.05) is 6.04 Å². The number of hydrogen-bond acceptors (Lipinski definition) is 7. The second-order valence-corrected chi connectivity index (χ2v) is 7.91. The number of ether oxygens (including phenoxy) is 1. The van der Waals surface area contributed by atoms with E-state index in [9.17, 15) is 13.6 Å². The van der Waals surface area contributed by atoms with Gasteiger partial charge in [0.25, 0.3) is 0 Å². The maximum absolute atomic E-state index is 14.6. The van der Waals surface area contributed by atoms with Crippen LogP contribution in [0, 0.1) is 29.4 Å². The number of nitrogens with zero attached hydrogens (tertiary/aromatic N) is 4. The van der Waals surface area contributed by atoms with Gasteiger partial charge in [0.2, 0.25) is 0 Å². The fourth-order valence-electron chi connectivity index (χ4n) is 4.92. The summed E-state index contributed by atoms with van der Waals surface area (Å²) in [6.45, 7) is 0. The van der Waals surface area contributed by atoms with Crippen molar-refractivity contribution in [3.8, 4) is 11.5 Å². The smallest absolute Gasteiger partial charge is 0.311 e. The first-order valence-corrected chi connectivity index (χ1v) is 9.92. The van der Waals surface area contributed by atoms with Crippen LogP contribution in [0.5, 0.6) is 0 Å². The monoisotopic (exact) mass is 414 g/mol. The third-order valence-corrected chi connectivity index (χ3v) is 6.33. The number of fused-ring (bicyclic) bond motifs is 4. The van der Waals surface area contributed by atoms with Crippen molar-refractivity contribution < 1.29 is 18.3 Å². The Labute approximate surface area is 170 Å². The van der Waals surface area contributed by atoms with E-state index in [2.05, 4.69) is 30.5 Å². The van der Waals surface area contributed by atoms with Crippen molar-refractivity contribution in [2.45, 2.75) is 31.7 Å². The maximum Gasteiger partial charge on any atom is 0.311 e. The van der Waals surface area contributed by atoms with Crippen molar-refractivity contribution in [1.29, 1.82) is 0 Å². The minimum absolute atomic E-state index is 0.00744. The number of methoxy groups -OCH3 is 1. The molecule has 0 aromatic carbocycles. The Hall–Kier alpha value is -3.17. The zero-order chi connectivity index (χ0) is 20.8. The number of aromatic nitrogens is 5. The number of esters is 1. The third-order valence-electron chi connectivity index (χ3n) is 6.33. The van der Waals surface area contributed by atoms with Crippen LogP contribution in [0.15, 0.2) is 18.5 Å². The topological polar surface area (TPSA) is 106 Å². The lowest BCUT2D eigenvalue weighted by Crippen LogP contribution is -2.52. The summed E-state index contributed by atoms with van der Waals surface area (Å²) >= 11 is 0. The van der Waals surface area contributed by atoms with Crippen LogP contribution in [0.1, 0.15) is 25.7 Å². The van der Waals surface area contributed by atoms with E-state index in [0.29, 0.717) is 11.0 Å². The average molecular weight is 414 g/mol. The molecule has 2 atom stereocenters. The Balaban J connectivity index is 1.50. The van der Waals surface area contributed by atoms with Crippen molar-refractivity contribution in [3.05, 3.63) is 30.1 Å². The number of H-pyrrole nitrogens is 1. The lowest BCUT2D eigenvalue weighted by Gasteiger charge is -2.47. The summed E-state index contributed by atoms with van der Waals surface area (Å²) in [5, 5.41) is 10.4. The van der Waals surface area contributed by atoms with Gasteiger partial charge in [-0.15, -0.1) is 0 Å². The molecule has 3 aromatic heterocycles. The van der Waals surface area contributed by atoms with Gasteiger partial charge >= 0.3 is 5.97 Å². The van der Waals surface area contributed by atoms with E-state index in [1.807, 2.05) is 0 Å². The van der Waals surface area contributed by atoms with Gasteiger partial charge in [0.15, 0.2) is 23.1 Å². The molecule has 0 radical (unpaired) electrons. The van der Waals surface area contributed by atoms with E-state index in [-0.39, 0.29) is 47.1 Å². The van der Waals surface area contributed by atoms with Crippen LogP contribution in [0.4, 0.5) is 14.6 Å². The van der Waals surface area contributed by atoms with E-state index in [1.54, 1.807) is 0 Å². The molecule has 0 spiro atoms. The zero-order valence-electron chi connectivity index (χ0n) is 16.2. The number of carbonyl (C=O) groups is 1. The highest BCUT2D eigenvalue weighted by molar-refractivity contribution is 5.88. The fraction of sp³-hybridized carbons (Fsp3) is 0.450. The highest BCUT2D eigenvalue weighted by atomic mass is 19.1. The summed E-state index contributed by atoms with van der Waals surface area (Å²) in [7, 11) is 1.38. The number of nitrogens with one attached hydrogen (secondary N) is 2. The Morgan fingerprint density at radius 2 is 1.93 bits per heavy atom. The first-order valence-electron chi connectivity index (χ1n) is 9.92. The second-order valence-electron chi connectivity index (χ2n) is 7.91. The van der Waals surface area contributed by atoms with Gasteiger partial charge in [-0.05, 0) is 43.6 Å². The molecule has 30 heavy (non-hydrogen) atoms. The Kier molecular flexibility index (Phi) is 4.56. The number of anilines is 1. The molecular weight excluding hydrogens is 394 g/mol. The molecule has 0 aliphatic heterocycles. The van der Waals surface area contributed by atoms with Crippen molar-refractivity contribution in [2.75, 3.05) is 12.4 Å². The molecule has 6 rings (SSSR count). The molecule has 10 heteroatoms. The predicted molar refractivity (Wildman–Crippen MR) is 103 cm³/mol. The highest BCUT2D eigenvalue weighted by Crippen LogP contribution is 2.46. The molecule has 3 saturated carbocycles. The lowest BCUT2D eigenvalue weighted by atomic mass is 9.61. The summed E-state index contributed by atoms with van der Waals surface area (Å²) in [4.78, 5) is 24.7. The van der Waals surface area contributed by atoms with Gasteiger partial charge in [0.1, 0.15) is 11.5 Å². The summed E-state index contributed by atoms with van der Waals surface area (Å²) in [5.41, 5.74) is 0.652. The molecule has 156 valence electrons. The minimum atomic E-state index is -0.632. The van der Waals surface area contributed by atoms with E-state index < -0.39 is 11.6 Å². The molecule has 1 unspecified atom stereocenters. The molecule has 2 N–H and O–H groups in total.